The van der Waals surface area contributed by atoms with Crippen LogP contribution in [0.15, 0.2) is 57.8 Å². The topological polar surface area (TPSA) is 87.6 Å². The number of anilines is 1. The second-order valence-corrected chi connectivity index (χ2v) is 8.38. The average Bonchev–Trinajstić information content (AvgIpc) is 2.86. The van der Waals surface area contributed by atoms with E-state index in [4.69, 9.17) is 0 Å². The minimum atomic E-state index is -3.66. The van der Waals surface area contributed by atoms with E-state index in [9.17, 15) is 13.2 Å². The van der Waals surface area contributed by atoms with Gasteiger partial charge in [0.05, 0.1) is 0 Å². The Bertz CT molecular complexity index is 977. The molecule has 2 N–H and O–H groups in total. The molecule has 7 heteroatoms. The first-order valence-electron chi connectivity index (χ1n) is 8.36. The number of hydrogen-bond acceptors (Lipinski definition) is 4. The first-order valence-corrected chi connectivity index (χ1v) is 9.80. The molecule has 3 rings (SSSR count). The molecule has 6 nitrogen and oxygen atoms in total. The second kappa shape index (κ2) is 6.57. The normalized spacial score (nSPS) is 15.1. The molecule has 1 amide bonds. The van der Waals surface area contributed by atoms with Crippen LogP contribution in [0, 0.1) is 0 Å². The van der Waals surface area contributed by atoms with Gasteiger partial charge >= 0.3 is 0 Å². The van der Waals surface area contributed by atoms with E-state index in [1.165, 1.54) is 6.07 Å². The molecule has 136 valence electrons. The Balaban J connectivity index is 1.78. The van der Waals surface area contributed by atoms with Crippen molar-refractivity contribution in [3.05, 3.63) is 59.7 Å². The Hall–Kier alpha value is -2.67. The number of fused-ring (bicyclic) bond motifs is 1. The number of amidine groups is 1. The number of sulfonamides is 1. The zero-order valence-electron chi connectivity index (χ0n) is 14.9. The van der Waals surface area contributed by atoms with Crippen LogP contribution >= 0.6 is 0 Å². The summed E-state index contributed by atoms with van der Waals surface area (Å²) in [6, 6.07) is 13.5. The van der Waals surface area contributed by atoms with Crippen molar-refractivity contribution in [3.8, 4) is 0 Å². The van der Waals surface area contributed by atoms with Crippen LogP contribution in [0.2, 0.25) is 0 Å². The maximum Gasteiger partial charge on any atom is 0.285 e. The van der Waals surface area contributed by atoms with Crippen LogP contribution in [0.5, 0.6) is 0 Å². The van der Waals surface area contributed by atoms with Gasteiger partial charge in [0, 0.05) is 22.4 Å². The van der Waals surface area contributed by atoms with E-state index in [0.29, 0.717) is 16.8 Å². The Labute approximate surface area is 153 Å². The maximum absolute atomic E-state index is 12.3. The monoisotopic (exact) mass is 371 g/mol. The molecule has 0 spiro atoms. The van der Waals surface area contributed by atoms with Gasteiger partial charge in [-0.3, -0.25) is 4.79 Å². The van der Waals surface area contributed by atoms with Crippen LogP contribution in [-0.2, 0) is 10.0 Å². The highest BCUT2D eigenvalue weighted by atomic mass is 32.2. The molecule has 2 aromatic carbocycles. The molecule has 0 aromatic heterocycles. The molecule has 0 bridgehead atoms. The molecule has 0 fully saturated rings. The van der Waals surface area contributed by atoms with Gasteiger partial charge in [-0.25, -0.2) is 0 Å². The predicted octanol–water partition coefficient (Wildman–Crippen LogP) is 3.17. The summed E-state index contributed by atoms with van der Waals surface area (Å²) in [5, 5.41) is 5.99. The van der Waals surface area contributed by atoms with Gasteiger partial charge in [-0.1, -0.05) is 19.1 Å². The summed E-state index contributed by atoms with van der Waals surface area (Å²) in [5.74, 6) is 0.138. The van der Waals surface area contributed by atoms with Gasteiger partial charge in [-0.05, 0) is 56.7 Å². The molecule has 0 aliphatic carbocycles. The number of benzene rings is 2. The number of nitrogens with zero attached hydrogens (tertiary/aromatic N) is 1. The molecule has 2 aromatic rings. The van der Waals surface area contributed by atoms with Crippen molar-refractivity contribution in [2.75, 3.05) is 5.32 Å². The maximum atomic E-state index is 12.3. The lowest BCUT2D eigenvalue weighted by molar-refractivity contribution is 0.0911. The molecule has 0 unspecified atom stereocenters. The van der Waals surface area contributed by atoms with Gasteiger partial charge in [0.25, 0.3) is 15.9 Å². The summed E-state index contributed by atoms with van der Waals surface area (Å²) in [7, 11) is -3.66. The highest BCUT2D eigenvalue weighted by molar-refractivity contribution is 7.90. The summed E-state index contributed by atoms with van der Waals surface area (Å²) in [4.78, 5) is 12.5. The third kappa shape index (κ3) is 3.62. The fourth-order valence-corrected chi connectivity index (χ4v) is 3.68. The number of nitrogens with one attached hydrogen (secondary N) is 2. The molecular weight excluding hydrogens is 350 g/mol. The van der Waals surface area contributed by atoms with Crippen molar-refractivity contribution in [1.82, 2.24) is 5.32 Å². The average molecular weight is 371 g/mol. The van der Waals surface area contributed by atoms with Crippen molar-refractivity contribution in [1.29, 1.82) is 0 Å². The summed E-state index contributed by atoms with van der Waals surface area (Å²) in [6.45, 7) is 5.95. The fourth-order valence-electron chi connectivity index (χ4n) is 2.51. The van der Waals surface area contributed by atoms with Crippen molar-refractivity contribution < 1.29 is 13.2 Å². The van der Waals surface area contributed by atoms with Gasteiger partial charge in [-0.15, -0.1) is 4.40 Å². The lowest BCUT2D eigenvalue weighted by Gasteiger charge is -2.24. The van der Waals surface area contributed by atoms with Crippen molar-refractivity contribution in [2.24, 2.45) is 4.40 Å². The van der Waals surface area contributed by atoms with E-state index in [1.807, 2.05) is 20.8 Å². The molecule has 0 radical (unpaired) electrons. The zero-order chi connectivity index (χ0) is 18.9. The molecule has 0 saturated carbocycles. The van der Waals surface area contributed by atoms with Crippen LogP contribution in [0.25, 0.3) is 0 Å². The molecular formula is C19H21N3O3S. The second-order valence-electron chi connectivity index (χ2n) is 6.81. The largest absolute Gasteiger partial charge is 0.347 e. The van der Waals surface area contributed by atoms with E-state index in [1.54, 1.807) is 42.5 Å². The third-order valence-electron chi connectivity index (χ3n) is 4.38. The molecule has 0 saturated heterocycles. The van der Waals surface area contributed by atoms with E-state index in [0.717, 1.165) is 6.42 Å². The van der Waals surface area contributed by atoms with Gasteiger partial charge in [0.15, 0.2) is 5.84 Å². The number of carbonyl (C=O) groups is 1. The number of carbonyl (C=O) groups excluding carboxylic acids is 1. The molecule has 1 aliphatic heterocycles. The van der Waals surface area contributed by atoms with Gasteiger partial charge in [-0.2, -0.15) is 8.42 Å². The Morgan fingerprint density at radius 2 is 1.73 bits per heavy atom. The first-order chi connectivity index (χ1) is 12.2. The van der Waals surface area contributed by atoms with Crippen molar-refractivity contribution in [3.63, 3.8) is 0 Å². The number of hydrogen-bond donors (Lipinski definition) is 2. The van der Waals surface area contributed by atoms with E-state index >= 15 is 0 Å². The van der Waals surface area contributed by atoms with Crippen molar-refractivity contribution >= 4 is 27.5 Å². The van der Waals surface area contributed by atoms with Crippen LogP contribution in [0.3, 0.4) is 0 Å². The first kappa shape index (κ1) is 18.1. The van der Waals surface area contributed by atoms with E-state index in [2.05, 4.69) is 15.0 Å². The smallest absolute Gasteiger partial charge is 0.285 e. The van der Waals surface area contributed by atoms with Gasteiger partial charge < -0.3 is 10.6 Å². The van der Waals surface area contributed by atoms with Crippen LogP contribution in [0.1, 0.15) is 43.1 Å². The standard InChI is InChI=1S/C19H21N3O3S/c1-4-19(2,3)21-18(23)13-9-11-14(12-10-13)20-17-15-7-5-6-8-16(15)26(24,25)22-17/h5-12H,4H2,1-3H3,(H,20,22)(H,21,23). The molecule has 0 atom stereocenters. The Morgan fingerprint density at radius 1 is 1.08 bits per heavy atom. The zero-order valence-corrected chi connectivity index (χ0v) is 15.7. The summed E-state index contributed by atoms with van der Waals surface area (Å²) >= 11 is 0. The minimum absolute atomic E-state index is 0.144. The van der Waals surface area contributed by atoms with Crippen LogP contribution < -0.4 is 10.6 Å². The Morgan fingerprint density at radius 3 is 2.38 bits per heavy atom. The Kier molecular flexibility index (Phi) is 4.58. The van der Waals surface area contributed by atoms with Crippen LogP contribution in [0.4, 0.5) is 5.69 Å². The van der Waals surface area contributed by atoms with E-state index in [-0.39, 0.29) is 22.2 Å². The van der Waals surface area contributed by atoms with Crippen LogP contribution in [-0.4, -0.2) is 25.7 Å². The minimum Gasteiger partial charge on any atom is -0.347 e. The lowest BCUT2D eigenvalue weighted by Crippen LogP contribution is -2.42. The molecule has 26 heavy (non-hydrogen) atoms. The quantitative estimate of drug-likeness (QED) is 0.864. The van der Waals surface area contributed by atoms with E-state index < -0.39 is 10.0 Å². The summed E-state index contributed by atoms with van der Waals surface area (Å²) in [6.07, 6.45) is 0.825. The van der Waals surface area contributed by atoms with Gasteiger partial charge in [0.2, 0.25) is 0 Å². The summed E-state index contributed by atoms with van der Waals surface area (Å²) < 4.78 is 28.0. The lowest BCUT2D eigenvalue weighted by atomic mass is 10.0. The van der Waals surface area contributed by atoms with Gasteiger partial charge in [0.1, 0.15) is 4.90 Å². The third-order valence-corrected chi connectivity index (χ3v) is 5.71. The highest BCUT2D eigenvalue weighted by Gasteiger charge is 2.28. The molecule has 1 heterocycles. The highest BCUT2D eigenvalue weighted by Crippen LogP contribution is 2.26. The number of rotatable bonds is 4. The molecule has 1 aliphatic rings. The summed E-state index contributed by atoms with van der Waals surface area (Å²) in [5.41, 5.74) is 1.46. The predicted molar refractivity (Wildman–Crippen MR) is 102 cm³/mol. The SMILES string of the molecule is CCC(C)(C)NC(=O)c1ccc(NC2=NS(=O)(=O)c3ccccc32)cc1. The van der Waals surface area contributed by atoms with Crippen molar-refractivity contribution in [2.45, 2.75) is 37.6 Å². The fraction of sp³-hybridized carbons (Fsp3) is 0.263. The number of amides is 1.